The molecule has 6 heteroatoms. The summed E-state index contributed by atoms with van der Waals surface area (Å²) in [6.07, 6.45) is 1.67. The number of nitrogen functional groups attached to an aromatic ring is 1. The lowest BCUT2D eigenvalue weighted by atomic mass is 9.92. The Morgan fingerprint density at radius 1 is 1.20 bits per heavy atom. The molecule has 2 aromatic rings. The van der Waals surface area contributed by atoms with Crippen LogP contribution in [0.2, 0.25) is 0 Å². The Morgan fingerprint density at radius 2 is 1.90 bits per heavy atom. The van der Waals surface area contributed by atoms with Crippen LogP contribution in [0.25, 0.3) is 11.4 Å². The standard InChI is InChI=1S/C14H17BrN4O/c1-14(2,3)11-10(15)12(16)19-13(18-11)8-5-6-9(20-4)17-7-8/h5-7H,1-4H3,(H2,16,18,19). The highest BCUT2D eigenvalue weighted by Gasteiger charge is 2.22. The zero-order valence-electron chi connectivity index (χ0n) is 11.9. The van der Waals surface area contributed by atoms with Gasteiger partial charge in [0.05, 0.1) is 17.3 Å². The molecular weight excluding hydrogens is 320 g/mol. The third kappa shape index (κ3) is 2.90. The van der Waals surface area contributed by atoms with Crippen molar-refractivity contribution < 1.29 is 4.74 Å². The van der Waals surface area contributed by atoms with Crippen LogP contribution in [0, 0.1) is 0 Å². The van der Waals surface area contributed by atoms with E-state index in [0.29, 0.717) is 17.5 Å². The van der Waals surface area contributed by atoms with E-state index in [-0.39, 0.29) is 5.41 Å². The molecule has 0 saturated heterocycles. The minimum atomic E-state index is -0.134. The number of nitrogens with zero attached hydrogens (tertiary/aromatic N) is 3. The Labute approximate surface area is 126 Å². The third-order valence-electron chi connectivity index (χ3n) is 2.79. The topological polar surface area (TPSA) is 73.9 Å². The first-order valence-electron chi connectivity index (χ1n) is 6.17. The fourth-order valence-corrected chi connectivity index (χ4v) is 2.50. The second-order valence-corrected chi connectivity index (χ2v) is 6.23. The fourth-order valence-electron chi connectivity index (χ4n) is 1.72. The molecule has 0 aliphatic carbocycles. The number of nitrogens with two attached hydrogens (primary N) is 1. The lowest BCUT2D eigenvalue weighted by Gasteiger charge is -2.20. The van der Waals surface area contributed by atoms with Crippen LogP contribution >= 0.6 is 15.9 Å². The molecule has 20 heavy (non-hydrogen) atoms. The van der Waals surface area contributed by atoms with Gasteiger partial charge in [-0.25, -0.2) is 15.0 Å². The monoisotopic (exact) mass is 336 g/mol. The van der Waals surface area contributed by atoms with Crippen LogP contribution in [0.15, 0.2) is 22.8 Å². The van der Waals surface area contributed by atoms with Gasteiger partial charge in [0, 0.05) is 23.2 Å². The number of anilines is 1. The average Bonchev–Trinajstić information content (AvgIpc) is 2.40. The molecule has 0 aliphatic heterocycles. The van der Waals surface area contributed by atoms with Crippen LogP contribution < -0.4 is 10.5 Å². The zero-order chi connectivity index (χ0) is 14.9. The van der Waals surface area contributed by atoms with Gasteiger partial charge in [-0.05, 0) is 22.0 Å². The Bertz CT molecular complexity index is 620. The molecule has 2 heterocycles. The van der Waals surface area contributed by atoms with E-state index in [0.717, 1.165) is 15.7 Å². The molecule has 0 bridgehead atoms. The van der Waals surface area contributed by atoms with E-state index < -0.39 is 0 Å². The lowest BCUT2D eigenvalue weighted by Crippen LogP contribution is -2.17. The minimum absolute atomic E-state index is 0.134. The van der Waals surface area contributed by atoms with Crippen LogP contribution in [0.3, 0.4) is 0 Å². The Morgan fingerprint density at radius 3 is 2.40 bits per heavy atom. The van der Waals surface area contributed by atoms with Gasteiger partial charge in [-0.2, -0.15) is 0 Å². The molecule has 0 saturated carbocycles. The number of rotatable bonds is 2. The first-order valence-corrected chi connectivity index (χ1v) is 6.96. The Kier molecular flexibility index (Phi) is 3.94. The van der Waals surface area contributed by atoms with Crippen molar-refractivity contribution in [3.63, 3.8) is 0 Å². The van der Waals surface area contributed by atoms with E-state index >= 15 is 0 Å². The maximum Gasteiger partial charge on any atom is 0.212 e. The normalized spacial score (nSPS) is 11.4. The van der Waals surface area contributed by atoms with E-state index in [4.69, 9.17) is 10.5 Å². The maximum absolute atomic E-state index is 5.97. The molecule has 2 N–H and O–H groups in total. The van der Waals surface area contributed by atoms with Gasteiger partial charge in [0.15, 0.2) is 5.82 Å². The van der Waals surface area contributed by atoms with Crippen molar-refractivity contribution in [1.29, 1.82) is 0 Å². The smallest absolute Gasteiger partial charge is 0.212 e. The van der Waals surface area contributed by atoms with Crippen LogP contribution in [0.4, 0.5) is 5.82 Å². The summed E-state index contributed by atoms with van der Waals surface area (Å²) in [5.41, 5.74) is 7.51. The molecule has 0 amide bonds. The first-order chi connectivity index (χ1) is 9.32. The molecular formula is C14H17BrN4O. The molecule has 5 nitrogen and oxygen atoms in total. The molecule has 0 fully saturated rings. The van der Waals surface area contributed by atoms with Gasteiger partial charge in [0.2, 0.25) is 5.88 Å². The highest BCUT2D eigenvalue weighted by Crippen LogP contribution is 2.33. The number of ether oxygens (including phenoxy) is 1. The van der Waals surface area contributed by atoms with Crippen molar-refractivity contribution in [2.24, 2.45) is 0 Å². The summed E-state index contributed by atoms with van der Waals surface area (Å²) in [7, 11) is 1.58. The summed E-state index contributed by atoms with van der Waals surface area (Å²) in [6, 6.07) is 3.63. The molecule has 106 valence electrons. The first kappa shape index (κ1) is 14.7. The van der Waals surface area contributed by atoms with Crippen LogP contribution in [-0.2, 0) is 5.41 Å². The van der Waals surface area contributed by atoms with Crippen molar-refractivity contribution in [2.45, 2.75) is 26.2 Å². The molecule has 0 aromatic carbocycles. The van der Waals surface area contributed by atoms with Gasteiger partial charge < -0.3 is 10.5 Å². The maximum atomic E-state index is 5.97. The molecule has 0 spiro atoms. The predicted octanol–water partition coefficient (Wildman–Crippen LogP) is 3.19. The number of hydrogen-bond donors (Lipinski definition) is 1. The Hall–Kier alpha value is -1.69. The summed E-state index contributed by atoms with van der Waals surface area (Å²) in [4.78, 5) is 13.1. The van der Waals surface area contributed by atoms with E-state index in [1.165, 1.54) is 0 Å². The lowest BCUT2D eigenvalue weighted by molar-refractivity contribution is 0.398. The van der Waals surface area contributed by atoms with Crippen molar-refractivity contribution in [2.75, 3.05) is 12.8 Å². The summed E-state index contributed by atoms with van der Waals surface area (Å²) < 4.78 is 5.79. The van der Waals surface area contributed by atoms with Crippen LogP contribution in [0.1, 0.15) is 26.5 Å². The number of aromatic nitrogens is 3. The summed E-state index contributed by atoms with van der Waals surface area (Å²) >= 11 is 3.46. The van der Waals surface area contributed by atoms with Gasteiger partial charge in [0.25, 0.3) is 0 Å². The van der Waals surface area contributed by atoms with E-state index in [9.17, 15) is 0 Å². The zero-order valence-corrected chi connectivity index (χ0v) is 13.5. The molecule has 2 aromatic heterocycles. The molecule has 0 aliphatic rings. The van der Waals surface area contributed by atoms with Gasteiger partial charge in [-0.3, -0.25) is 0 Å². The highest BCUT2D eigenvalue weighted by molar-refractivity contribution is 9.10. The van der Waals surface area contributed by atoms with E-state index in [1.807, 2.05) is 6.07 Å². The van der Waals surface area contributed by atoms with Crippen molar-refractivity contribution in [3.05, 3.63) is 28.5 Å². The van der Waals surface area contributed by atoms with Gasteiger partial charge in [0.1, 0.15) is 5.82 Å². The van der Waals surface area contributed by atoms with E-state index in [1.54, 1.807) is 19.4 Å². The molecule has 2 rings (SSSR count). The number of pyridine rings is 1. The predicted molar refractivity (Wildman–Crippen MR) is 82.6 cm³/mol. The van der Waals surface area contributed by atoms with Crippen molar-refractivity contribution in [1.82, 2.24) is 15.0 Å². The average molecular weight is 337 g/mol. The molecule has 0 unspecified atom stereocenters. The van der Waals surface area contributed by atoms with Crippen molar-refractivity contribution in [3.8, 4) is 17.3 Å². The number of hydrogen-bond acceptors (Lipinski definition) is 5. The Balaban J connectivity index is 2.54. The highest BCUT2D eigenvalue weighted by atomic mass is 79.9. The summed E-state index contributed by atoms with van der Waals surface area (Å²) in [6.45, 7) is 6.24. The van der Waals surface area contributed by atoms with Gasteiger partial charge in [-0.15, -0.1) is 0 Å². The second kappa shape index (κ2) is 5.36. The fraction of sp³-hybridized carbons (Fsp3) is 0.357. The summed E-state index contributed by atoms with van der Waals surface area (Å²) in [5, 5.41) is 0. The van der Waals surface area contributed by atoms with Gasteiger partial charge >= 0.3 is 0 Å². The van der Waals surface area contributed by atoms with Crippen molar-refractivity contribution >= 4 is 21.7 Å². The second-order valence-electron chi connectivity index (χ2n) is 5.43. The van der Waals surface area contributed by atoms with Gasteiger partial charge in [-0.1, -0.05) is 20.8 Å². The molecule has 0 atom stereocenters. The summed E-state index contributed by atoms with van der Waals surface area (Å²) in [5.74, 6) is 1.54. The third-order valence-corrected chi connectivity index (χ3v) is 3.57. The largest absolute Gasteiger partial charge is 0.481 e. The minimum Gasteiger partial charge on any atom is -0.481 e. The SMILES string of the molecule is COc1ccc(-c2nc(N)c(Br)c(C(C)(C)C)n2)cn1. The molecule has 0 radical (unpaired) electrons. The van der Waals surface area contributed by atoms with Crippen LogP contribution in [-0.4, -0.2) is 22.1 Å². The van der Waals surface area contributed by atoms with Crippen LogP contribution in [0.5, 0.6) is 5.88 Å². The number of halogens is 1. The quantitative estimate of drug-likeness (QED) is 0.911. The van der Waals surface area contributed by atoms with E-state index in [2.05, 4.69) is 51.7 Å². The number of methoxy groups -OCH3 is 1.